The second kappa shape index (κ2) is 6.25. The molecule has 0 unspecified atom stereocenters. The SMILES string of the molecule is C[C@@H](CN)Nc1nc2cc(Cl)cc(Oc3ccccc3)c2o1. The fraction of sp³-hybridized carbons (Fsp3) is 0.188. The highest BCUT2D eigenvalue weighted by molar-refractivity contribution is 6.31. The second-order valence-corrected chi connectivity index (χ2v) is 5.40. The molecular weight excluding hydrogens is 302 g/mol. The van der Waals surface area contributed by atoms with Gasteiger partial charge in [-0.25, -0.2) is 0 Å². The number of para-hydroxylation sites is 1. The van der Waals surface area contributed by atoms with Crippen LogP contribution < -0.4 is 15.8 Å². The smallest absolute Gasteiger partial charge is 0.296 e. The molecule has 0 saturated carbocycles. The first kappa shape index (κ1) is 14.7. The molecule has 1 aromatic heterocycles. The van der Waals surface area contributed by atoms with Gasteiger partial charge in [-0.3, -0.25) is 0 Å². The molecule has 0 fully saturated rings. The summed E-state index contributed by atoms with van der Waals surface area (Å²) in [5.74, 6) is 1.22. The van der Waals surface area contributed by atoms with Gasteiger partial charge in [0.25, 0.3) is 6.01 Å². The third-order valence-corrected chi connectivity index (χ3v) is 3.33. The van der Waals surface area contributed by atoms with Crippen LogP contribution in [0.4, 0.5) is 6.01 Å². The maximum absolute atomic E-state index is 6.13. The van der Waals surface area contributed by atoms with Crippen LogP contribution in [-0.2, 0) is 0 Å². The summed E-state index contributed by atoms with van der Waals surface area (Å²) in [5, 5.41) is 3.62. The van der Waals surface area contributed by atoms with E-state index in [1.807, 2.05) is 37.3 Å². The van der Waals surface area contributed by atoms with Gasteiger partial charge in [-0.05, 0) is 25.1 Å². The van der Waals surface area contributed by atoms with E-state index in [0.717, 1.165) is 0 Å². The molecule has 0 bridgehead atoms. The minimum absolute atomic E-state index is 0.0574. The number of nitrogens with two attached hydrogens (primary N) is 1. The lowest BCUT2D eigenvalue weighted by molar-refractivity contribution is 0.473. The predicted octanol–water partition coefficient (Wildman–Crippen LogP) is 4.03. The number of rotatable bonds is 5. The lowest BCUT2D eigenvalue weighted by Crippen LogP contribution is -2.25. The lowest BCUT2D eigenvalue weighted by atomic mass is 10.3. The average Bonchev–Trinajstić information content (AvgIpc) is 2.90. The van der Waals surface area contributed by atoms with Gasteiger partial charge in [-0.2, -0.15) is 4.98 Å². The Morgan fingerprint density at radius 2 is 2.09 bits per heavy atom. The van der Waals surface area contributed by atoms with Crippen molar-refractivity contribution in [3.05, 3.63) is 47.5 Å². The van der Waals surface area contributed by atoms with E-state index in [1.54, 1.807) is 12.1 Å². The minimum Gasteiger partial charge on any atom is -0.453 e. The van der Waals surface area contributed by atoms with E-state index in [0.29, 0.717) is 40.2 Å². The second-order valence-electron chi connectivity index (χ2n) is 4.97. The number of anilines is 1. The molecule has 114 valence electrons. The van der Waals surface area contributed by atoms with E-state index in [2.05, 4.69) is 10.3 Å². The van der Waals surface area contributed by atoms with E-state index in [4.69, 9.17) is 26.5 Å². The van der Waals surface area contributed by atoms with Crippen molar-refractivity contribution in [2.24, 2.45) is 5.73 Å². The quantitative estimate of drug-likeness (QED) is 0.743. The number of aromatic nitrogens is 1. The molecule has 0 aliphatic carbocycles. The Balaban J connectivity index is 1.98. The number of hydrogen-bond donors (Lipinski definition) is 2. The van der Waals surface area contributed by atoms with Crippen molar-refractivity contribution < 1.29 is 9.15 Å². The molecule has 2 aromatic carbocycles. The van der Waals surface area contributed by atoms with Crippen LogP contribution in [0, 0.1) is 0 Å². The van der Waals surface area contributed by atoms with Gasteiger partial charge in [-0.1, -0.05) is 29.8 Å². The summed E-state index contributed by atoms with van der Waals surface area (Å²) in [6.45, 7) is 2.43. The van der Waals surface area contributed by atoms with Gasteiger partial charge >= 0.3 is 0 Å². The lowest BCUT2D eigenvalue weighted by Gasteiger charge is -2.07. The molecule has 0 amide bonds. The van der Waals surface area contributed by atoms with Gasteiger partial charge in [0.05, 0.1) is 0 Å². The molecule has 22 heavy (non-hydrogen) atoms. The maximum atomic E-state index is 6.13. The molecule has 6 heteroatoms. The summed E-state index contributed by atoms with van der Waals surface area (Å²) in [6.07, 6.45) is 0. The topological polar surface area (TPSA) is 73.3 Å². The van der Waals surface area contributed by atoms with Crippen molar-refractivity contribution in [1.82, 2.24) is 4.98 Å². The van der Waals surface area contributed by atoms with Gasteiger partial charge in [0.2, 0.25) is 0 Å². The average molecular weight is 318 g/mol. The zero-order valence-electron chi connectivity index (χ0n) is 12.0. The normalized spacial score (nSPS) is 12.3. The van der Waals surface area contributed by atoms with Crippen LogP contribution in [0.2, 0.25) is 5.02 Å². The summed E-state index contributed by atoms with van der Waals surface area (Å²) < 4.78 is 11.6. The van der Waals surface area contributed by atoms with E-state index in [1.165, 1.54) is 0 Å². The maximum Gasteiger partial charge on any atom is 0.296 e. The summed E-state index contributed by atoms with van der Waals surface area (Å²) in [7, 11) is 0. The van der Waals surface area contributed by atoms with Crippen molar-refractivity contribution in [2.75, 3.05) is 11.9 Å². The molecular formula is C16H16ClN3O2. The predicted molar refractivity (Wildman–Crippen MR) is 87.7 cm³/mol. The summed E-state index contributed by atoms with van der Waals surface area (Å²) in [6, 6.07) is 13.3. The number of nitrogens with zero attached hydrogens (tertiary/aromatic N) is 1. The number of halogens is 1. The van der Waals surface area contributed by atoms with Crippen molar-refractivity contribution in [3.63, 3.8) is 0 Å². The van der Waals surface area contributed by atoms with Crippen molar-refractivity contribution in [1.29, 1.82) is 0 Å². The third kappa shape index (κ3) is 3.16. The van der Waals surface area contributed by atoms with Crippen LogP contribution >= 0.6 is 11.6 Å². The first-order valence-electron chi connectivity index (χ1n) is 6.95. The molecule has 1 atom stereocenters. The van der Waals surface area contributed by atoms with Gasteiger partial charge in [0, 0.05) is 23.7 Å². The Morgan fingerprint density at radius 1 is 1.32 bits per heavy atom. The van der Waals surface area contributed by atoms with Crippen molar-refractivity contribution in [2.45, 2.75) is 13.0 Å². The van der Waals surface area contributed by atoms with Gasteiger partial charge in [0.15, 0.2) is 11.3 Å². The number of oxazole rings is 1. The molecule has 0 spiro atoms. The zero-order chi connectivity index (χ0) is 15.5. The molecule has 5 nitrogen and oxygen atoms in total. The fourth-order valence-corrected chi connectivity index (χ4v) is 2.19. The Labute approximate surface area is 133 Å². The zero-order valence-corrected chi connectivity index (χ0v) is 12.8. The number of fused-ring (bicyclic) bond motifs is 1. The molecule has 3 aromatic rings. The number of hydrogen-bond acceptors (Lipinski definition) is 5. The summed E-state index contributed by atoms with van der Waals surface area (Å²) in [5.41, 5.74) is 6.76. The van der Waals surface area contributed by atoms with E-state index in [9.17, 15) is 0 Å². The molecule has 0 radical (unpaired) electrons. The van der Waals surface area contributed by atoms with Crippen molar-refractivity contribution in [3.8, 4) is 11.5 Å². The van der Waals surface area contributed by atoms with Crippen LogP contribution in [0.1, 0.15) is 6.92 Å². The highest BCUT2D eigenvalue weighted by Crippen LogP contribution is 2.34. The molecule has 3 N–H and O–H groups in total. The van der Waals surface area contributed by atoms with Crippen LogP contribution in [0.25, 0.3) is 11.1 Å². The van der Waals surface area contributed by atoms with E-state index < -0.39 is 0 Å². The first-order chi connectivity index (χ1) is 10.7. The first-order valence-corrected chi connectivity index (χ1v) is 7.33. The van der Waals surface area contributed by atoms with Crippen molar-refractivity contribution >= 4 is 28.7 Å². The number of benzene rings is 2. The largest absolute Gasteiger partial charge is 0.453 e. The minimum atomic E-state index is 0.0574. The van der Waals surface area contributed by atoms with Gasteiger partial charge in [-0.15, -0.1) is 0 Å². The molecule has 0 saturated heterocycles. The van der Waals surface area contributed by atoms with E-state index >= 15 is 0 Å². The third-order valence-electron chi connectivity index (χ3n) is 3.12. The Bertz CT molecular complexity index is 774. The Hall–Kier alpha value is -2.24. The Kier molecular flexibility index (Phi) is 4.18. The molecule has 1 heterocycles. The van der Waals surface area contributed by atoms with Gasteiger partial charge < -0.3 is 20.2 Å². The Morgan fingerprint density at radius 3 is 2.82 bits per heavy atom. The van der Waals surface area contributed by atoms with Gasteiger partial charge in [0.1, 0.15) is 11.3 Å². The van der Waals surface area contributed by atoms with Crippen LogP contribution in [-0.4, -0.2) is 17.6 Å². The summed E-state index contributed by atoms with van der Waals surface area (Å²) in [4.78, 5) is 4.37. The highest BCUT2D eigenvalue weighted by atomic mass is 35.5. The highest BCUT2D eigenvalue weighted by Gasteiger charge is 2.14. The monoisotopic (exact) mass is 317 g/mol. The molecule has 0 aliphatic heterocycles. The van der Waals surface area contributed by atoms with Crippen LogP contribution in [0.5, 0.6) is 11.5 Å². The summed E-state index contributed by atoms with van der Waals surface area (Å²) >= 11 is 6.13. The molecule has 0 aliphatic rings. The fourth-order valence-electron chi connectivity index (χ4n) is 1.99. The van der Waals surface area contributed by atoms with Crippen LogP contribution in [0.3, 0.4) is 0 Å². The molecule has 3 rings (SSSR count). The van der Waals surface area contributed by atoms with Crippen LogP contribution in [0.15, 0.2) is 46.9 Å². The number of nitrogens with one attached hydrogen (secondary N) is 1. The number of ether oxygens (including phenoxy) is 1. The van der Waals surface area contributed by atoms with E-state index in [-0.39, 0.29) is 6.04 Å². The standard InChI is InChI=1S/C16H16ClN3O2/c1-10(9-18)19-16-20-13-7-11(17)8-14(15(13)22-16)21-12-5-3-2-4-6-12/h2-8,10H,9,18H2,1H3,(H,19,20)/t10-/m0/s1.